The number of carbonyl (C=O) groups excluding carboxylic acids is 3. The van der Waals surface area contributed by atoms with E-state index in [1.54, 1.807) is 0 Å². The number of ether oxygens (including phenoxy) is 2. The summed E-state index contributed by atoms with van der Waals surface area (Å²) in [5.74, 6) is -2.28. The van der Waals surface area contributed by atoms with E-state index >= 15 is 0 Å². The zero-order valence-electron chi connectivity index (χ0n) is 13.1. The average molecular weight is 345 g/mol. The van der Waals surface area contributed by atoms with E-state index in [9.17, 15) is 24.5 Å². The monoisotopic (exact) mass is 345 g/mol. The van der Waals surface area contributed by atoms with E-state index in [1.165, 1.54) is 18.2 Å². The molecular formula is C17H15NO7. The number of carbonyl (C=O) groups is 3. The first-order valence-corrected chi connectivity index (χ1v) is 8.10. The van der Waals surface area contributed by atoms with Gasteiger partial charge in [-0.05, 0) is 18.8 Å². The van der Waals surface area contributed by atoms with Crippen molar-refractivity contribution in [2.75, 3.05) is 6.61 Å². The van der Waals surface area contributed by atoms with Crippen molar-refractivity contribution in [3.05, 3.63) is 39.9 Å². The normalized spacial score (nSPS) is 31.7. The molecule has 0 aromatic heterocycles. The summed E-state index contributed by atoms with van der Waals surface area (Å²) in [5.41, 5.74) is -0.0969. The highest BCUT2D eigenvalue weighted by molar-refractivity contribution is 5.98. The van der Waals surface area contributed by atoms with E-state index in [0.29, 0.717) is 6.42 Å². The molecule has 0 amide bonds. The molecule has 2 saturated carbocycles. The summed E-state index contributed by atoms with van der Waals surface area (Å²) >= 11 is 0. The highest BCUT2D eigenvalue weighted by Crippen LogP contribution is 2.57. The molecular weight excluding hydrogens is 330 g/mol. The van der Waals surface area contributed by atoms with Crippen LogP contribution >= 0.6 is 0 Å². The lowest BCUT2D eigenvalue weighted by molar-refractivity contribution is -0.384. The lowest BCUT2D eigenvalue weighted by Gasteiger charge is -2.22. The highest BCUT2D eigenvalue weighted by Gasteiger charge is 2.64. The molecule has 1 aromatic carbocycles. The molecule has 2 bridgehead atoms. The first kappa shape index (κ1) is 15.7. The SMILES string of the molecule is O=C(COC(=O)[C@H]1[C@@H]2C[C@H]3[C@@H]1C(=O)O[C@@H]3C2)c1cccc([N+](=O)[O-])c1. The molecule has 0 unspecified atom stereocenters. The number of Topliss-reactive ketones (excluding diaryl/α,β-unsaturated/α-hetero) is 1. The molecule has 0 spiro atoms. The number of hydrogen-bond acceptors (Lipinski definition) is 7. The Balaban J connectivity index is 1.41. The minimum Gasteiger partial charge on any atom is -0.462 e. The molecule has 25 heavy (non-hydrogen) atoms. The number of nitro groups is 1. The third-order valence-corrected chi connectivity index (χ3v) is 5.48. The van der Waals surface area contributed by atoms with Crippen LogP contribution < -0.4 is 0 Å². The van der Waals surface area contributed by atoms with Gasteiger partial charge in [0, 0.05) is 23.6 Å². The molecule has 8 nitrogen and oxygen atoms in total. The van der Waals surface area contributed by atoms with Gasteiger partial charge < -0.3 is 9.47 Å². The first-order chi connectivity index (χ1) is 12.0. The molecule has 4 rings (SSSR count). The van der Waals surface area contributed by atoms with Gasteiger partial charge in [-0.1, -0.05) is 12.1 Å². The van der Waals surface area contributed by atoms with Gasteiger partial charge in [-0.15, -0.1) is 0 Å². The molecule has 1 aromatic rings. The number of non-ortho nitro benzene ring substituents is 1. The molecule has 0 radical (unpaired) electrons. The molecule has 3 fully saturated rings. The van der Waals surface area contributed by atoms with E-state index in [0.717, 1.165) is 12.5 Å². The Morgan fingerprint density at radius 3 is 2.88 bits per heavy atom. The van der Waals surface area contributed by atoms with Crippen LogP contribution in [-0.4, -0.2) is 35.4 Å². The minimum atomic E-state index is -0.597. The minimum absolute atomic E-state index is 0.0619. The van der Waals surface area contributed by atoms with Gasteiger partial charge >= 0.3 is 11.9 Å². The van der Waals surface area contributed by atoms with Gasteiger partial charge in [-0.25, -0.2) is 0 Å². The number of fused-ring (bicyclic) bond motifs is 1. The summed E-state index contributed by atoms with van der Waals surface area (Å²) < 4.78 is 10.4. The van der Waals surface area contributed by atoms with Gasteiger partial charge in [-0.3, -0.25) is 24.5 Å². The van der Waals surface area contributed by atoms with Crippen LogP contribution in [0.4, 0.5) is 5.69 Å². The number of benzene rings is 1. The van der Waals surface area contributed by atoms with E-state index in [-0.39, 0.29) is 35.2 Å². The lowest BCUT2D eigenvalue weighted by Crippen LogP contribution is -2.34. The van der Waals surface area contributed by atoms with Crippen LogP contribution in [0.15, 0.2) is 24.3 Å². The Labute approximate surface area is 142 Å². The second kappa shape index (κ2) is 5.65. The van der Waals surface area contributed by atoms with E-state index in [4.69, 9.17) is 9.47 Å². The maximum atomic E-state index is 12.4. The third-order valence-electron chi connectivity index (χ3n) is 5.48. The van der Waals surface area contributed by atoms with Crippen LogP contribution in [0.5, 0.6) is 0 Å². The van der Waals surface area contributed by atoms with Crippen molar-refractivity contribution in [3.8, 4) is 0 Å². The van der Waals surface area contributed by atoms with Crippen LogP contribution in [0.3, 0.4) is 0 Å². The standard InChI is InChI=1S/C17H15NO7/c19-12(8-2-1-3-10(4-8)18(22)23)7-24-16(20)14-9-5-11-13(6-9)25-17(21)15(11)14/h1-4,9,11,13-15H,5-7H2/t9-,11-,13-,14+,15+/m1/s1. The summed E-state index contributed by atoms with van der Waals surface area (Å²) in [6.07, 6.45) is 1.38. The largest absolute Gasteiger partial charge is 0.462 e. The van der Waals surface area contributed by atoms with E-state index in [2.05, 4.69) is 0 Å². The van der Waals surface area contributed by atoms with Gasteiger partial charge in [0.25, 0.3) is 5.69 Å². The smallest absolute Gasteiger partial charge is 0.310 e. The van der Waals surface area contributed by atoms with Crippen LogP contribution in [0.25, 0.3) is 0 Å². The molecule has 1 saturated heterocycles. The Bertz CT molecular complexity index is 787. The Morgan fingerprint density at radius 2 is 2.12 bits per heavy atom. The second-order valence-electron chi connectivity index (χ2n) is 6.76. The maximum absolute atomic E-state index is 12.4. The molecule has 2 aliphatic carbocycles. The summed E-state index contributed by atoms with van der Waals surface area (Å²) in [6, 6.07) is 5.25. The molecule has 1 aliphatic heterocycles. The van der Waals surface area contributed by atoms with Crippen molar-refractivity contribution < 1.29 is 28.8 Å². The fraction of sp³-hybridized carbons (Fsp3) is 0.471. The average Bonchev–Trinajstić information content (AvgIpc) is 3.21. The predicted molar refractivity (Wildman–Crippen MR) is 81.5 cm³/mol. The van der Waals surface area contributed by atoms with Crippen LogP contribution in [0.1, 0.15) is 23.2 Å². The Morgan fingerprint density at radius 1 is 1.32 bits per heavy atom. The molecule has 1 heterocycles. The summed E-state index contributed by atoms with van der Waals surface area (Å²) in [5, 5.41) is 10.8. The zero-order chi connectivity index (χ0) is 17.7. The Hall–Kier alpha value is -2.77. The second-order valence-corrected chi connectivity index (χ2v) is 6.76. The zero-order valence-corrected chi connectivity index (χ0v) is 13.1. The first-order valence-electron chi connectivity index (χ1n) is 8.10. The summed E-state index contributed by atoms with van der Waals surface area (Å²) in [6.45, 7) is -0.501. The molecule has 8 heteroatoms. The molecule has 0 N–H and O–H groups in total. The van der Waals surface area contributed by atoms with Crippen LogP contribution in [-0.2, 0) is 19.1 Å². The predicted octanol–water partition coefficient (Wildman–Crippen LogP) is 1.52. The van der Waals surface area contributed by atoms with Gasteiger partial charge in [-0.2, -0.15) is 0 Å². The van der Waals surface area contributed by atoms with Crippen LogP contribution in [0, 0.1) is 33.8 Å². The van der Waals surface area contributed by atoms with Crippen molar-refractivity contribution in [1.29, 1.82) is 0 Å². The number of nitrogens with zero attached hydrogens (tertiary/aromatic N) is 1. The number of ketones is 1. The highest BCUT2D eigenvalue weighted by atomic mass is 16.6. The quantitative estimate of drug-likeness (QED) is 0.344. The number of esters is 2. The maximum Gasteiger partial charge on any atom is 0.310 e. The fourth-order valence-corrected chi connectivity index (χ4v) is 4.43. The number of nitro benzene ring substituents is 1. The van der Waals surface area contributed by atoms with Gasteiger partial charge in [0.2, 0.25) is 5.78 Å². The van der Waals surface area contributed by atoms with Gasteiger partial charge in [0.15, 0.2) is 6.61 Å². The van der Waals surface area contributed by atoms with Crippen molar-refractivity contribution in [3.63, 3.8) is 0 Å². The molecule has 130 valence electrons. The summed E-state index contributed by atoms with van der Waals surface area (Å²) in [4.78, 5) is 46.6. The topological polar surface area (TPSA) is 113 Å². The van der Waals surface area contributed by atoms with Crippen molar-refractivity contribution in [1.82, 2.24) is 0 Å². The van der Waals surface area contributed by atoms with Crippen LogP contribution in [0.2, 0.25) is 0 Å². The Kier molecular flexibility index (Phi) is 3.55. The van der Waals surface area contributed by atoms with Crippen molar-refractivity contribution in [2.45, 2.75) is 18.9 Å². The lowest BCUT2D eigenvalue weighted by atomic mass is 9.80. The molecule has 5 atom stereocenters. The summed E-state index contributed by atoms with van der Waals surface area (Å²) in [7, 11) is 0. The molecule has 3 aliphatic rings. The van der Waals surface area contributed by atoms with Crippen molar-refractivity contribution in [2.24, 2.45) is 23.7 Å². The van der Waals surface area contributed by atoms with Gasteiger partial charge in [0.1, 0.15) is 6.10 Å². The number of hydrogen-bond donors (Lipinski definition) is 0. The fourth-order valence-electron chi connectivity index (χ4n) is 4.43. The number of rotatable bonds is 5. The van der Waals surface area contributed by atoms with E-state index < -0.39 is 35.1 Å². The van der Waals surface area contributed by atoms with Gasteiger partial charge in [0.05, 0.1) is 16.8 Å². The van der Waals surface area contributed by atoms with E-state index in [1.807, 2.05) is 0 Å². The third kappa shape index (κ3) is 2.48. The van der Waals surface area contributed by atoms with Crippen molar-refractivity contribution >= 4 is 23.4 Å².